The largest absolute Gasteiger partial charge is 0.443 e. The van der Waals surface area contributed by atoms with Gasteiger partial charge in [0.1, 0.15) is 18.3 Å². The van der Waals surface area contributed by atoms with Crippen LogP contribution in [0.5, 0.6) is 0 Å². The number of nitrogens with one attached hydrogen (secondary N) is 2. The molecule has 10 heteroatoms. The summed E-state index contributed by atoms with van der Waals surface area (Å²) in [6.45, 7) is 1.54. The van der Waals surface area contributed by atoms with E-state index in [2.05, 4.69) is 15.7 Å². The van der Waals surface area contributed by atoms with Gasteiger partial charge in [-0.2, -0.15) is 5.10 Å². The van der Waals surface area contributed by atoms with Crippen molar-refractivity contribution in [3.63, 3.8) is 0 Å². The molecule has 0 spiro atoms. The smallest absolute Gasteiger partial charge is 0.407 e. The van der Waals surface area contributed by atoms with Crippen LogP contribution in [-0.2, 0) is 47.0 Å². The molecule has 172 valence electrons. The number of carbonyl (C=O) groups excluding carboxylic acids is 4. The average molecular weight is 451 g/mol. The molecule has 0 aliphatic carbocycles. The summed E-state index contributed by atoms with van der Waals surface area (Å²) in [4.78, 5) is 50.1. The van der Waals surface area contributed by atoms with E-state index in [1.165, 1.54) is 10.6 Å². The fraction of sp³-hybridized carbons (Fsp3) is 0.435. The predicted molar refractivity (Wildman–Crippen MR) is 115 cm³/mol. The van der Waals surface area contributed by atoms with Gasteiger partial charge in [-0.1, -0.05) is 12.1 Å². The van der Waals surface area contributed by atoms with Gasteiger partial charge in [-0.3, -0.25) is 24.4 Å². The van der Waals surface area contributed by atoms with E-state index >= 15 is 0 Å². The van der Waals surface area contributed by atoms with Crippen molar-refractivity contribution < 1.29 is 23.9 Å². The van der Waals surface area contributed by atoms with Crippen molar-refractivity contribution in [3.8, 4) is 0 Å². The zero-order valence-electron chi connectivity index (χ0n) is 18.1. The maximum absolute atomic E-state index is 12.9. The van der Waals surface area contributed by atoms with Crippen molar-refractivity contribution in [1.29, 1.82) is 0 Å². The van der Waals surface area contributed by atoms with Crippen molar-refractivity contribution >= 4 is 23.8 Å². The molecule has 0 bridgehead atoms. The fourth-order valence-electron chi connectivity index (χ4n) is 4.62. The maximum atomic E-state index is 12.9. The molecule has 0 radical (unpaired) electrons. The number of alkyl carbamates (subject to hydrolysis) is 1. The third-order valence-electron chi connectivity index (χ3n) is 6.35. The third kappa shape index (κ3) is 4.33. The number of imide groups is 1. The number of piperidine rings is 1. The lowest BCUT2D eigenvalue weighted by atomic mass is 10.0. The minimum Gasteiger partial charge on any atom is -0.443 e. The number of benzene rings is 1. The lowest BCUT2D eigenvalue weighted by molar-refractivity contribution is -0.136. The number of hydrogen-bond donors (Lipinski definition) is 2. The Morgan fingerprint density at radius 1 is 1.18 bits per heavy atom. The van der Waals surface area contributed by atoms with E-state index in [1.54, 1.807) is 6.07 Å². The molecule has 10 nitrogen and oxygen atoms in total. The first-order valence-electron chi connectivity index (χ1n) is 11.2. The zero-order valence-corrected chi connectivity index (χ0v) is 18.1. The number of aromatic nitrogens is 2. The van der Waals surface area contributed by atoms with Crippen LogP contribution in [-0.4, -0.2) is 44.5 Å². The van der Waals surface area contributed by atoms with Crippen molar-refractivity contribution in [2.24, 2.45) is 0 Å². The highest BCUT2D eigenvalue weighted by Gasteiger charge is 2.39. The quantitative estimate of drug-likeness (QED) is 0.663. The maximum Gasteiger partial charge on any atom is 0.407 e. The van der Waals surface area contributed by atoms with E-state index in [-0.39, 0.29) is 31.4 Å². The molecule has 2 aromatic rings. The van der Waals surface area contributed by atoms with Crippen LogP contribution in [0.15, 0.2) is 24.3 Å². The second-order valence-corrected chi connectivity index (χ2v) is 8.63. The zero-order chi connectivity index (χ0) is 22.9. The Balaban J connectivity index is 1.15. The van der Waals surface area contributed by atoms with Crippen LogP contribution in [0.1, 0.15) is 58.6 Å². The molecule has 1 aromatic heterocycles. The van der Waals surface area contributed by atoms with Crippen LogP contribution < -0.4 is 10.6 Å². The summed E-state index contributed by atoms with van der Waals surface area (Å²) in [5.74, 6) is -0.989. The summed E-state index contributed by atoms with van der Waals surface area (Å²) in [7, 11) is 0. The van der Waals surface area contributed by atoms with Crippen LogP contribution in [0.3, 0.4) is 0 Å². The van der Waals surface area contributed by atoms with Crippen molar-refractivity contribution in [2.75, 3.05) is 0 Å². The van der Waals surface area contributed by atoms with Gasteiger partial charge in [-0.05, 0) is 48.9 Å². The molecule has 3 aliphatic rings. The van der Waals surface area contributed by atoms with Crippen LogP contribution in [0.4, 0.5) is 4.79 Å². The number of nitrogens with zero attached hydrogens (tertiary/aromatic N) is 3. The van der Waals surface area contributed by atoms with Gasteiger partial charge >= 0.3 is 6.09 Å². The van der Waals surface area contributed by atoms with E-state index in [4.69, 9.17) is 4.74 Å². The normalized spacial score (nSPS) is 19.7. The molecule has 1 saturated heterocycles. The van der Waals surface area contributed by atoms with E-state index < -0.39 is 18.0 Å². The average Bonchev–Trinajstić information content (AvgIpc) is 3.37. The summed E-state index contributed by atoms with van der Waals surface area (Å²) in [6.07, 6.45) is 3.25. The van der Waals surface area contributed by atoms with E-state index in [0.29, 0.717) is 18.5 Å². The number of carbonyl (C=O) groups is 4. The molecule has 5 rings (SSSR count). The summed E-state index contributed by atoms with van der Waals surface area (Å²) < 4.78 is 7.26. The van der Waals surface area contributed by atoms with Crippen molar-refractivity contribution in [3.05, 3.63) is 52.3 Å². The monoisotopic (exact) mass is 451 g/mol. The van der Waals surface area contributed by atoms with Gasteiger partial charge in [0.05, 0.1) is 0 Å². The van der Waals surface area contributed by atoms with Gasteiger partial charge < -0.3 is 15.0 Å². The lowest BCUT2D eigenvalue weighted by Crippen LogP contribution is -2.52. The highest BCUT2D eigenvalue weighted by molar-refractivity contribution is 6.05. The number of aryl methyl sites for hydroxylation is 2. The molecule has 0 saturated carbocycles. The lowest BCUT2D eigenvalue weighted by Gasteiger charge is -2.29. The third-order valence-corrected chi connectivity index (χ3v) is 6.35. The van der Waals surface area contributed by atoms with Crippen LogP contribution >= 0.6 is 0 Å². The number of fused-ring (bicyclic) bond motifs is 2. The number of amides is 4. The van der Waals surface area contributed by atoms with Gasteiger partial charge in [0.2, 0.25) is 11.8 Å². The molecule has 1 fully saturated rings. The van der Waals surface area contributed by atoms with Gasteiger partial charge in [0, 0.05) is 37.3 Å². The Morgan fingerprint density at radius 3 is 2.88 bits per heavy atom. The van der Waals surface area contributed by atoms with Crippen LogP contribution in [0, 0.1) is 0 Å². The summed E-state index contributed by atoms with van der Waals surface area (Å²) >= 11 is 0. The molecule has 1 atom stereocenters. The molecular formula is C23H25N5O5. The van der Waals surface area contributed by atoms with Crippen molar-refractivity contribution in [1.82, 2.24) is 25.3 Å². The van der Waals surface area contributed by atoms with Gasteiger partial charge in [-0.15, -0.1) is 0 Å². The summed E-state index contributed by atoms with van der Waals surface area (Å²) in [5.41, 5.74) is 3.99. The minimum absolute atomic E-state index is 0.107. The van der Waals surface area contributed by atoms with Crippen LogP contribution in [0.25, 0.3) is 0 Å². The number of ether oxygens (including phenoxy) is 1. The van der Waals surface area contributed by atoms with Crippen molar-refractivity contribution in [2.45, 2.75) is 64.4 Å². The molecular weight excluding hydrogens is 426 g/mol. The fourth-order valence-corrected chi connectivity index (χ4v) is 4.62. The topological polar surface area (TPSA) is 123 Å². The Morgan fingerprint density at radius 2 is 2.06 bits per heavy atom. The first-order valence-corrected chi connectivity index (χ1v) is 11.2. The van der Waals surface area contributed by atoms with Gasteiger partial charge in [0.15, 0.2) is 0 Å². The predicted octanol–water partition coefficient (Wildman–Crippen LogP) is 1.41. The molecule has 4 amide bonds. The van der Waals surface area contributed by atoms with Gasteiger partial charge in [0.25, 0.3) is 5.91 Å². The summed E-state index contributed by atoms with van der Waals surface area (Å²) in [5, 5.41) is 9.46. The molecule has 4 heterocycles. The highest BCUT2D eigenvalue weighted by atomic mass is 16.5. The molecule has 33 heavy (non-hydrogen) atoms. The molecule has 3 aliphatic heterocycles. The Hall–Kier alpha value is -3.69. The SMILES string of the molecule is O=C1CCC(N2Cc3ccc(CNC(=O)OCc4cc5n(n4)CCCC5)cc3C2=O)C(=O)N1. The van der Waals surface area contributed by atoms with Gasteiger partial charge in [-0.25, -0.2) is 4.79 Å². The molecule has 1 unspecified atom stereocenters. The second-order valence-electron chi connectivity index (χ2n) is 8.63. The second kappa shape index (κ2) is 8.68. The van der Waals surface area contributed by atoms with Crippen LogP contribution in [0.2, 0.25) is 0 Å². The Bertz CT molecular complexity index is 1120. The standard InChI is InChI=1S/C23H25N5O5/c29-20-7-6-19(21(30)25-20)27-12-15-5-4-14(9-18(15)22(27)31)11-24-23(32)33-13-16-10-17-3-1-2-8-28(17)26-16/h4-5,9-10,19H,1-3,6-8,11-13H2,(H,24,32)(H,25,29,30). The van der Waals surface area contributed by atoms with E-state index in [9.17, 15) is 19.2 Å². The first kappa shape index (κ1) is 21.2. The molecule has 1 aromatic carbocycles. The first-order chi connectivity index (χ1) is 16.0. The Labute approximate surface area is 190 Å². The number of rotatable bonds is 5. The summed E-state index contributed by atoms with van der Waals surface area (Å²) in [6, 6.07) is 6.73. The van der Waals surface area contributed by atoms with E-state index in [0.717, 1.165) is 42.6 Å². The highest BCUT2D eigenvalue weighted by Crippen LogP contribution is 2.28. The van der Waals surface area contributed by atoms with E-state index in [1.807, 2.05) is 22.9 Å². The number of hydrogen-bond acceptors (Lipinski definition) is 6. The Kier molecular flexibility index (Phi) is 5.57. The molecule has 2 N–H and O–H groups in total. The minimum atomic E-state index is -0.646.